The molecule has 10 heteroatoms. The third-order valence-corrected chi connectivity index (χ3v) is 5.20. The molecular formula is C25H22F7NO2. The van der Waals surface area contributed by atoms with Gasteiger partial charge in [0.05, 0.1) is 12.1 Å². The van der Waals surface area contributed by atoms with Crippen LogP contribution in [0.1, 0.15) is 16.7 Å². The number of rotatable bonds is 8. The van der Waals surface area contributed by atoms with Gasteiger partial charge in [-0.25, -0.2) is 4.39 Å². The number of benzene rings is 3. The molecule has 0 heterocycles. The van der Waals surface area contributed by atoms with Crippen LogP contribution in [-0.2, 0) is 12.6 Å². The van der Waals surface area contributed by atoms with E-state index in [0.717, 1.165) is 10.5 Å². The largest absolute Gasteiger partial charge is 0.457 e. The van der Waals surface area contributed by atoms with Crippen LogP contribution in [0, 0.1) is 12.7 Å². The Bertz CT molecular complexity index is 1150. The molecule has 0 aliphatic rings. The minimum Gasteiger partial charge on any atom is -0.457 e. The van der Waals surface area contributed by atoms with Crippen molar-refractivity contribution in [2.75, 3.05) is 18.0 Å². The van der Waals surface area contributed by atoms with E-state index >= 15 is 0 Å². The highest BCUT2D eigenvalue weighted by atomic mass is 19.4. The van der Waals surface area contributed by atoms with Gasteiger partial charge in [0.15, 0.2) is 6.10 Å². The lowest BCUT2D eigenvalue weighted by Crippen LogP contribution is -2.42. The van der Waals surface area contributed by atoms with Gasteiger partial charge in [-0.1, -0.05) is 18.2 Å². The summed E-state index contributed by atoms with van der Waals surface area (Å²) in [5.41, 5.74) is -0.231. The number of halogens is 7. The predicted molar refractivity (Wildman–Crippen MR) is 117 cm³/mol. The lowest BCUT2D eigenvalue weighted by molar-refractivity contribution is -0.200. The van der Waals surface area contributed by atoms with Crippen molar-refractivity contribution >= 4 is 5.69 Å². The van der Waals surface area contributed by atoms with Crippen molar-refractivity contribution in [2.45, 2.75) is 31.8 Å². The molecule has 1 atom stereocenters. The van der Waals surface area contributed by atoms with E-state index in [1.807, 2.05) is 13.0 Å². The van der Waals surface area contributed by atoms with Crippen molar-refractivity contribution in [3.63, 3.8) is 0 Å². The molecule has 0 saturated heterocycles. The Labute approximate surface area is 197 Å². The minimum absolute atomic E-state index is 0.214. The number of aliphatic hydroxyl groups excluding tert-OH is 1. The molecule has 0 bridgehead atoms. The van der Waals surface area contributed by atoms with Crippen LogP contribution in [0.3, 0.4) is 0 Å². The van der Waals surface area contributed by atoms with Crippen molar-refractivity contribution in [2.24, 2.45) is 0 Å². The van der Waals surface area contributed by atoms with Gasteiger partial charge in [-0.05, 0) is 66.9 Å². The summed E-state index contributed by atoms with van der Waals surface area (Å²) in [6.07, 6.45) is -12.7. The van der Waals surface area contributed by atoms with E-state index in [0.29, 0.717) is 29.7 Å². The fourth-order valence-electron chi connectivity index (χ4n) is 3.39. The second-order valence-corrected chi connectivity index (χ2v) is 7.97. The summed E-state index contributed by atoms with van der Waals surface area (Å²) >= 11 is 0. The molecule has 188 valence electrons. The molecule has 3 nitrogen and oxygen atoms in total. The molecule has 0 amide bonds. The van der Waals surface area contributed by atoms with Crippen molar-refractivity contribution in [3.05, 3.63) is 89.2 Å². The van der Waals surface area contributed by atoms with Crippen LogP contribution < -0.4 is 9.64 Å². The Kier molecular flexibility index (Phi) is 7.94. The average molecular weight is 501 g/mol. The summed E-state index contributed by atoms with van der Waals surface area (Å²) in [7, 11) is 0. The van der Waals surface area contributed by atoms with Crippen LogP contribution in [0.15, 0.2) is 66.7 Å². The summed E-state index contributed by atoms with van der Waals surface area (Å²) in [5, 5.41) is 9.63. The third-order valence-electron chi connectivity index (χ3n) is 5.20. The quantitative estimate of drug-likeness (QED) is 0.340. The molecule has 1 N–H and O–H groups in total. The first-order valence-corrected chi connectivity index (χ1v) is 10.5. The van der Waals surface area contributed by atoms with E-state index in [2.05, 4.69) is 0 Å². The summed E-state index contributed by atoms with van der Waals surface area (Å²) in [6, 6.07) is 15.0. The Morgan fingerprint density at radius 3 is 2.17 bits per heavy atom. The number of alkyl halides is 6. The first kappa shape index (κ1) is 26.3. The fraction of sp³-hybridized carbons (Fsp3) is 0.280. The van der Waals surface area contributed by atoms with Crippen molar-refractivity contribution in [1.29, 1.82) is 0 Å². The molecule has 35 heavy (non-hydrogen) atoms. The molecule has 3 aromatic rings. The Hall–Kier alpha value is -3.27. The predicted octanol–water partition coefficient (Wildman–Crippen LogP) is 6.92. The molecule has 0 saturated carbocycles. The fourth-order valence-corrected chi connectivity index (χ4v) is 3.39. The number of anilines is 1. The lowest BCUT2D eigenvalue weighted by atomic mass is 10.1. The SMILES string of the molecule is Cc1cccc(Oc2cccc(N(CCc3cc(C(F)(F)F)ccc3F)CC(O)C(F)(F)F)c2)c1. The third kappa shape index (κ3) is 7.35. The molecule has 0 aliphatic carbocycles. The van der Waals surface area contributed by atoms with Crippen LogP contribution in [-0.4, -0.2) is 30.5 Å². The molecule has 3 rings (SSSR count). The van der Waals surface area contributed by atoms with E-state index in [-0.39, 0.29) is 24.2 Å². The van der Waals surface area contributed by atoms with Gasteiger partial charge in [-0.3, -0.25) is 0 Å². The molecule has 0 spiro atoms. The van der Waals surface area contributed by atoms with Crippen molar-refractivity contribution in [1.82, 2.24) is 0 Å². The molecule has 3 aromatic carbocycles. The zero-order chi connectivity index (χ0) is 25.8. The molecule has 1 unspecified atom stereocenters. The second-order valence-electron chi connectivity index (χ2n) is 7.97. The first-order valence-electron chi connectivity index (χ1n) is 10.5. The molecular weight excluding hydrogens is 479 g/mol. The normalized spacial score (nSPS) is 12.9. The standard InChI is InChI=1S/C25H22F7NO2/c1-16-4-2-6-20(12-16)35-21-7-3-5-19(14-21)33(15-23(34)25(30,31)32)11-10-17-13-18(24(27,28)29)8-9-22(17)26/h2-9,12-14,23,34H,10-11,15H2,1H3. The maximum Gasteiger partial charge on any atom is 0.416 e. The monoisotopic (exact) mass is 501 g/mol. The summed E-state index contributed by atoms with van der Waals surface area (Å²) < 4.78 is 98.1. The molecule has 0 aliphatic heterocycles. The van der Waals surface area contributed by atoms with Crippen LogP contribution in [0.4, 0.5) is 36.4 Å². The number of nitrogens with zero attached hydrogens (tertiary/aromatic N) is 1. The first-order chi connectivity index (χ1) is 16.3. The van der Waals surface area contributed by atoms with Gasteiger partial charge in [0, 0.05) is 18.3 Å². The van der Waals surface area contributed by atoms with Gasteiger partial charge in [0.1, 0.15) is 17.3 Å². The van der Waals surface area contributed by atoms with Crippen LogP contribution in [0.5, 0.6) is 11.5 Å². The minimum atomic E-state index is -4.92. The Morgan fingerprint density at radius 2 is 1.54 bits per heavy atom. The van der Waals surface area contributed by atoms with E-state index in [9.17, 15) is 35.8 Å². The zero-order valence-corrected chi connectivity index (χ0v) is 18.5. The van der Waals surface area contributed by atoms with Crippen molar-refractivity contribution < 1.29 is 40.6 Å². The van der Waals surface area contributed by atoms with E-state index in [1.165, 1.54) is 18.2 Å². The summed E-state index contributed by atoms with van der Waals surface area (Å²) in [4.78, 5) is 1.13. The lowest BCUT2D eigenvalue weighted by Gasteiger charge is -2.29. The number of hydrogen-bond acceptors (Lipinski definition) is 3. The second kappa shape index (κ2) is 10.6. The highest BCUT2D eigenvalue weighted by Crippen LogP contribution is 2.32. The maximum absolute atomic E-state index is 14.2. The highest BCUT2D eigenvalue weighted by Gasteiger charge is 2.39. The van der Waals surface area contributed by atoms with E-state index in [4.69, 9.17) is 4.74 Å². The summed E-state index contributed by atoms with van der Waals surface area (Å²) in [5.74, 6) is -0.120. The van der Waals surface area contributed by atoms with Gasteiger partial charge in [-0.2, -0.15) is 26.3 Å². The zero-order valence-electron chi connectivity index (χ0n) is 18.5. The topological polar surface area (TPSA) is 32.7 Å². The maximum atomic E-state index is 14.2. The average Bonchev–Trinajstić information content (AvgIpc) is 2.76. The van der Waals surface area contributed by atoms with Gasteiger partial charge < -0.3 is 14.7 Å². The van der Waals surface area contributed by atoms with Crippen LogP contribution in [0.2, 0.25) is 0 Å². The molecule has 0 aromatic heterocycles. The Balaban J connectivity index is 1.87. The number of ether oxygens (including phenoxy) is 1. The van der Waals surface area contributed by atoms with Crippen LogP contribution >= 0.6 is 0 Å². The Morgan fingerprint density at radius 1 is 0.886 bits per heavy atom. The summed E-state index contributed by atoms with van der Waals surface area (Å²) in [6.45, 7) is 0.660. The van der Waals surface area contributed by atoms with Crippen LogP contribution in [0.25, 0.3) is 0 Å². The van der Waals surface area contributed by atoms with Crippen molar-refractivity contribution in [3.8, 4) is 11.5 Å². The van der Waals surface area contributed by atoms with E-state index < -0.39 is 36.4 Å². The van der Waals surface area contributed by atoms with Gasteiger partial charge in [0.2, 0.25) is 0 Å². The highest BCUT2D eigenvalue weighted by molar-refractivity contribution is 5.52. The molecule has 0 radical (unpaired) electrons. The van der Waals surface area contributed by atoms with E-state index in [1.54, 1.807) is 24.3 Å². The number of aliphatic hydroxyl groups is 1. The number of hydrogen-bond donors (Lipinski definition) is 1. The van der Waals surface area contributed by atoms with Gasteiger partial charge >= 0.3 is 12.4 Å². The smallest absolute Gasteiger partial charge is 0.416 e. The van der Waals surface area contributed by atoms with Gasteiger partial charge in [-0.15, -0.1) is 0 Å². The molecule has 0 fully saturated rings. The number of aryl methyl sites for hydroxylation is 1. The van der Waals surface area contributed by atoms with Gasteiger partial charge in [0.25, 0.3) is 0 Å².